The van der Waals surface area contributed by atoms with Gasteiger partial charge in [-0.2, -0.15) is 0 Å². The van der Waals surface area contributed by atoms with Crippen molar-refractivity contribution in [3.63, 3.8) is 0 Å². The fraction of sp³-hybridized carbons (Fsp3) is 0.417. The Bertz CT molecular complexity index is 741. The third kappa shape index (κ3) is 4.44. The van der Waals surface area contributed by atoms with E-state index in [1.807, 2.05) is 65.6 Å². The maximum absolute atomic E-state index is 13.1. The number of piperidine rings is 1. The van der Waals surface area contributed by atoms with E-state index < -0.39 is 18.0 Å². The van der Waals surface area contributed by atoms with Gasteiger partial charge in [0.15, 0.2) is 6.10 Å². The lowest BCUT2D eigenvalue weighted by Crippen LogP contribution is -2.51. The summed E-state index contributed by atoms with van der Waals surface area (Å²) in [7, 11) is 0. The van der Waals surface area contributed by atoms with Gasteiger partial charge in [0.2, 0.25) is 0 Å². The molecule has 1 saturated heterocycles. The molecule has 3 atom stereocenters. The summed E-state index contributed by atoms with van der Waals surface area (Å²) in [6, 6.07) is 19.5. The Morgan fingerprint density at radius 3 is 1.82 bits per heavy atom. The number of carbonyl (C=O) groups is 2. The Hall–Kier alpha value is -2.62. The SMILES string of the molecule is C[C@H](OC(=O)C(c1ccccc1)c1ccccc1)C(=O)N1[C@@H](C)CCC[C@@H]1C. The molecule has 0 spiro atoms. The number of likely N-dealkylation sites (tertiary alicyclic amines) is 1. The molecule has 148 valence electrons. The molecule has 1 heterocycles. The van der Waals surface area contributed by atoms with E-state index in [-0.39, 0.29) is 18.0 Å². The number of benzene rings is 2. The van der Waals surface area contributed by atoms with E-state index in [1.165, 1.54) is 0 Å². The number of carbonyl (C=O) groups excluding carboxylic acids is 2. The second-order valence-corrected chi connectivity index (χ2v) is 7.71. The molecule has 3 rings (SSSR count). The van der Waals surface area contributed by atoms with Crippen molar-refractivity contribution in [3.8, 4) is 0 Å². The summed E-state index contributed by atoms with van der Waals surface area (Å²) >= 11 is 0. The maximum atomic E-state index is 13.1. The minimum Gasteiger partial charge on any atom is -0.452 e. The number of rotatable bonds is 5. The Morgan fingerprint density at radius 2 is 1.36 bits per heavy atom. The van der Waals surface area contributed by atoms with Crippen LogP contribution < -0.4 is 0 Å². The average Bonchev–Trinajstić information content (AvgIpc) is 2.69. The minimum atomic E-state index is -0.801. The van der Waals surface area contributed by atoms with Crippen LogP contribution in [0.3, 0.4) is 0 Å². The van der Waals surface area contributed by atoms with Gasteiger partial charge in [0.1, 0.15) is 5.92 Å². The van der Waals surface area contributed by atoms with Crippen molar-refractivity contribution < 1.29 is 14.3 Å². The van der Waals surface area contributed by atoms with Crippen molar-refractivity contribution in [2.24, 2.45) is 0 Å². The number of ether oxygens (including phenoxy) is 1. The molecular formula is C24H29NO3. The third-order valence-electron chi connectivity index (χ3n) is 5.59. The molecule has 28 heavy (non-hydrogen) atoms. The summed E-state index contributed by atoms with van der Waals surface area (Å²) in [5.41, 5.74) is 1.72. The molecule has 0 saturated carbocycles. The molecule has 0 unspecified atom stereocenters. The van der Waals surface area contributed by atoms with Gasteiger partial charge >= 0.3 is 5.97 Å². The fourth-order valence-electron chi connectivity index (χ4n) is 4.11. The molecule has 0 N–H and O–H groups in total. The molecule has 1 aliphatic rings. The molecule has 1 fully saturated rings. The van der Waals surface area contributed by atoms with Gasteiger partial charge in [0.05, 0.1) is 0 Å². The van der Waals surface area contributed by atoms with E-state index in [2.05, 4.69) is 13.8 Å². The quantitative estimate of drug-likeness (QED) is 0.717. The summed E-state index contributed by atoms with van der Waals surface area (Å²) in [6.07, 6.45) is 2.32. The molecule has 2 aromatic rings. The van der Waals surface area contributed by atoms with Crippen molar-refractivity contribution in [2.45, 2.75) is 64.1 Å². The number of hydrogen-bond acceptors (Lipinski definition) is 3. The first-order valence-electron chi connectivity index (χ1n) is 10.1. The highest BCUT2D eigenvalue weighted by Crippen LogP contribution is 2.28. The van der Waals surface area contributed by atoms with Crippen molar-refractivity contribution in [1.29, 1.82) is 0 Å². The molecular weight excluding hydrogens is 350 g/mol. The second-order valence-electron chi connectivity index (χ2n) is 7.71. The lowest BCUT2D eigenvalue weighted by molar-refractivity contribution is -0.162. The van der Waals surface area contributed by atoms with Gasteiger partial charge in [-0.05, 0) is 51.2 Å². The summed E-state index contributed by atoms with van der Waals surface area (Å²) in [6.45, 7) is 5.82. The van der Waals surface area contributed by atoms with Gasteiger partial charge in [-0.25, -0.2) is 0 Å². The van der Waals surface area contributed by atoms with Crippen LogP contribution in [0.15, 0.2) is 60.7 Å². The summed E-state index contributed by atoms with van der Waals surface area (Å²) in [4.78, 5) is 28.0. The van der Waals surface area contributed by atoms with E-state index in [9.17, 15) is 9.59 Å². The van der Waals surface area contributed by atoms with Crippen LogP contribution in [0, 0.1) is 0 Å². The van der Waals surface area contributed by atoms with Gasteiger partial charge < -0.3 is 9.64 Å². The van der Waals surface area contributed by atoms with Crippen LogP contribution in [-0.4, -0.2) is 35.0 Å². The summed E-state index contributed by atoms with van der Waals surface area (Å²) in [5.74, 6) is -1.04. The molecule has 2 aromatic carbocycles. The molecule has 0 radical (unpaired) electrons. The van der Waals surface area contributed by atoms with Crippen LogP contribution in [0.1, 0.15) is 57.1 Å². The first kappa shape index (κ1) is 20.1. The molecule has 0 aliphatic carbocycles. The second kappa shape index (κ2) is 9.05. The smallest absolute Gasteiger partial charge is 0.318 e. The molecule has 0 bridgehead atoms. The van der Waals surface area contributed by atoms with Crippen molar-refractivity contribution >= 4 is 11.9 Å². The first-order chi connectivity index (χ1) is 13.5. The number of hydrogen-bond donors (Lipinski definition) is 0. The lowest BCUT2D eigenvalue weighted by Gasteiger charge is -2.40. The van der Waals surface area contributed by atoms with E-state index in [1.54, 1.807) is 6.92 Å². The Morgan fingerprint density at radius 1 is 0.893 bits per heavy atom. The highest BCUT2D eigenvalue weighted by molar-refractivity contribution is 5.87. The van der Waals surface area contributed by atoms with Crippen LogP contribution in [-0.2, 0) is 14.3 Å². The third-order valence-corrected chi connectivity index (χ3v) is 5.59. The normalized spacial score (nSPS) is 20.6. The lowest BCUT2D eigenvalue weighted by atomic mass is 9.91. The average molecular weight is 380 g/mol. The first-order valence-corrected chi connectivity index (χ1v) is 10.1. The van der Waals surface area contributed by atoms with E-state index in [0.717, 1.165) is 30.4 Å². The predicted molar refractivity (Wildman–Crippen MR) is 110 cm³/mol. The Balaban J connectivity index is 1.79. The number of esters is 1. The van der Waals surface area contributed by atoms with Crippen LogP contribution in [0.2, 0.25) is 0 Å². The van der Waals surface area contributed by atoms with Crippen molar-refractivity contribution in [2.75, 3.05) is 0 Å². The van der Waals surface area contributed by atoms with E-state index in [0.29, 0.717) is 0 Å². The Kier molecular flexibility index (Phi) is 6.50. The highest BCUT2D eigenvalue weighted by Gasteiger charge is 2.34. The largest absolute Gasteiger partial charge is 0.452 e. The van der Waals surface area contributed by atoms with Gasteiger partial charge in [-0.3, -0.25) is 9.59 Å². The van der Waals surface area contributed by atoms with E-state index >= 15 is 0 Å². The fourth-order valence-corrected chi connectivity index (χ4v) is 4.11. The van der Waals surface area contributed by atoms with Crippen LogP contribution in [0.4, 0.5) is 0 Å². The zero-order valence-electron chi connectivity index (χ0n) is 16.9. The van der Waals surface area contributed by atoms with Crippen molar-refractivity contribution in [3.05, 3.63) is 71.8 Å². The van der Waals surface area contributed by atoms with Crippen molar-refractivity contribution in [1.82, 2.24) is 4.90 Å². The zero-order chi connectivity index (χ0) is 20.1. The zero-order valence-corrected chi connectivity index (χ0v) is 16.9. The summed E-state index contributed by atoms with van der Waals surface area (Å²) < 4.78 is 5.70. The molecule has 1 aliphatic heterocycles. The van der Waals surface area contributed by atoms with Crippen LogP contribution in [0.25, 0.3) is 0 Å². The van der Waals surface area contributed by atoms with Gasteiger partial charge in [-0.15, -0.1) is 0 Å². The molecule has 4 heteroatoms. The summed E-state index contributed by atoms with van der Waals surface area (Å²) in [5, 5.41) is 0. The monoisotopic (exact) mass is 379 g/mol. The maximum Gasteiger partial charge on any atom is 0.318 e. The standard InChI is InChI=1S/C24H29NO3/c1-17-11-10-12-18(2)25(17)23(26)19(3)28-24(27)22(20-13-6-4-7-14-20)21-15-8-5-9-16-21/h4-9,13-19,22H,10-12H2,1-3H3/t17-,18-,19-/m0/s1. The molecule has 1 amide bonds. The topological polar surface area (TPSA) is 46.6 Å². The molecule has 0 aromatic heterocycles. The van der Waals surface area contributed by atoms with Gasteiger partial charge in [-0.1, -0.05) is 60.7 Å². The predicted octanol–water partition coefficient (Wildman–Crippen LogP) is 4.54. The van der Waals surface area contributed by atoms with Gasteiger partial charge in [0, 0.05) is 12.1 Å². The number of amides is 1. The number of nitrogens with zero attached hydrogens (tertiary/aromatic N) is 1. The van der Waals surface area contributed by atoms with Gasteiger partial charge in [0.25, 0.3) is 5.91 Å². The Labute approximate surface area is 167 Å². The highest BCUT2D eigenvalue weighted by atomic mass is 16.5. The van der Waals surface area contributed by atoms with Crippen LogP contribution >= 0.6 is 0 Å². The van der Waals surface area contributed by atoms with E-state index in [4.69, 9.17) is 4.74 Å². The minimum absolute atomic E-state index is 0.104. The molecule has 4 nitrogen and oxygen atoms in total. The van der Waals surface area contributed by atoms with Crippen LogP contribution in [0.5, 0.6) is 0 Å².